The molecule has 2 aliphatic rings. The third kappa shape index (κ3) is 3.42. The number of aryl methyl sites for hydroxylation is 1. The van der Waals surface area contributed by atoms with Crippen LogP contribution in [0.1, 0.15) is 51.0 Å². The Morgan fingerprint density at radius 3 is 2.95 bits per heavy atom. The summed E-state index contributed by atoms with van der Waals surface area (Å²) in [5.74, 6) is 1.30. The highest BCUT2D eigenvalue weighted by Crippen LogP contribution is 2.35. The molecule has 1 fully saturated rings. The van der Waals surface area contributed by atoms with Crippen molar-refractivity contribution in [3.63, 3.8) is 0 Å². The molecule has 116 valence electrons. The zero-order valence-electron chi connectivity index (χ0n) is 13.3. The fourth-order valence-corrected chi connectivity index (χ4v) is 4.30. The number of hydrogen-bond acceptors (Lipinski definition) is 2. The van der Waals surface area contributed by atoms with Crippen LogP contribution in [0, 0.1) is 11.8 Å². The van der Waals surface area contributed by atoms with Crippen molar-refractivity contribution in [1.29, 1.82) is 0 Å². The average Bonchev–Trinajstić information content (AvgIpc) is 2.51. The molecule has 2 nitrogen and oxygen atoms in total. The Morgan fingerprint density at radius 1 is 1.24 bits per heavy atom. The van der Waals surface area contributed by atoms with E-state index in [1.54, 1.807) is 0 Å². The largest absolute Gasteiger partial charge is 0.393 e. The van der Waals surface area contributed by atoms with Gasteiger partial charge in [-0.3, -0.25) is 0 Å². The van der Waals surface area contributed by atoms with Crippen LogP contribution in [0.2, 0.25) is 0 Å². The topological polar surface area (TPSA) is 23.5 Å². The van der Waals surface area contributed by atoms with Crippen LogP contribution in [-0.4, -0.2) is 24.3 Å². The Labute approximate surface area is 129 Å². The molecule has 1 aliphatic carbocycles. The predicted molar refractivity (Wildman–Crippen MR) is 88.7 cm³/mol. The molecule has 1 aromatic rings. The summed E-state index contributed by atoms with van der Waals surface area (Å²) >= 11 is 0. The Hall–Kier alpha value is -1.02. The molecule has 2 heteroatoms. The second kappa shape index (κ2) is 6.83. The zero-order chi connectivity index (χ0) is 14.7. The van der Waals surface area contributed by atoms with Crippen LogP contribution in [-0.2, 0) is 6.42 Å². The molecule has 0 saturated heterocycles. The monoisotopic (exact) mass is 287 g/mol. The van der Waals surface area contributed by atoms with Crippen LogP contribution in [0.3, 0.4) is 0 Å². The van der Waals surface area contributed by atoms with E-state index < -0.39 is 0 Å². The highest BCUT2D eigenvalue weighted by molar-refractivity contribution is 5.55. The number of aliphatic hydroxyl groups is 1. The first kappa shape index (κ1) is 14.9. The first-order valence-electron chi connectivity index (χ1n) is 8.79. The maximum Gasteiger partial charge on any atom is 0.0585 e. The predicted octanol–water partition coefficient (Wildman–Crippen LogP) is 4.02. The van der Waals surface area contributed by atoms with Gasteiger partial charge in [0.2, 0.25) is 0 Å². The van der Waals surface area contributed by atoms with Crippen molar-refractivity contribution in [2.75, 3.05) is 18.0 Å². The fourth-order valence-electron chi connectivity index (χ4n) is 4.30. The number of benzene rings is 1. The number of para-hydroxylation sites is 1. The quantitative estimate of drug-likeness (QED) is 0.904. The maximum atomic E-state index is 10.4. The molecule has 0 bridgehead atoms. The molecule has 3 atom stereocenters. The SMILES string of the molecule is CCCC1CCC(O)C(CN2CCCc3ccccc32)C1. The number of nitrogens with zero attached hydrogens (tertiary/aromatic N) is 1. The van der Waals surface area contributed by atoms with Crippen molar-refractivity contribution in [3.8, 4) is 0 Å². The third-order valence-electron chi connectivity index (χ3n) is 5.41. The second-order valence-electron chi connectivity index (χ2n) is 6.97. The lowest BCUT2D eigenvalue weighted by Gasteiger charge is -2.39. The molecular weight excluding hydrogens is 258 g/mol. The number of anilines is 1. The number of rotatable bonds is 4. The molecule has 1 saturated carbocycles. The number of hydrogen-bond donors (Lipinski definition) is 1. The Bertz CT molecular complexity index is 459. The molecule has 0 amide bonds. The minimum absolute atomic E-state index is 0.0906. The fraction of sp³-hybridized carbons (Fsp3) is 0.684. The first-order valence-corrected chi connectivity index (χ1v) is 8.79. The van der Waals surface area contributed by atoms with Crippen molar-refractivity contribution in [2.24, 2.45) is 11.8 Å². The van der Waals surface area contributed by atoms with E-state index in [0.717, 1.165) is 25.4 Å². The highest BCUT2D eigenvalue weighted by atomic mass is 16.3. The molecule has 1 aromatic carbocycles. The van der Waals surface area contributed by atoms with Gasteiger partial charge in [0.1, 0.15) is 0 Å². The van der Waals surface area contributed by atoms with Gasteiger partial charge in [-0.05, 0) is 49.7 Å². The van der Waals surface area contributed by atoms with Crippen molar-refractivity contribution >= 4 is 5.69 Å². The van der Waals surface area contributed by atoms with E-state index in [4.69, 9.17) is 0 Å². The van der Waals surface area contributed by atoms with E-state index in [0.29, 0.717) is 5.92 Å². The molecule has 1 N–H and O–H groups in total. The molecule has 0 aromatic heterocycles. The van der Waals surface area contributed by atoms with Gasteiger partial charge in [-0.15, -0.1) is 0 Å². The summed E-state index contributed by atoms with van der Waals surface area (Å²) < 4.78 is 0. The van der Waals surface area contributed by atoms with Crippen LogP contribution >= 0.6 is 0 Å². The van der Waals surface area contributed by atoms with Gasteiger partial charge >= 0.3 is 0 Å². The van der Waals surface area contributed by atoms with Crippen molar-refractivity contribution < 1.29 is 5.11 Å². The van der Waals surface area contributed by atoms with Crippen molar-refractivity contribution in [1.82, 2.24) is 0 Å². The molecular formula is C19H29NO. The van der Waals surface area contributed by atoms with Crippen molar-refractivity contribution in [2.45, 2.75) is 58.0 Å². The molecule has 0 spiro atoms. The number of fused-ring (bicyclic) bond motifs is 1. The lowest BCUT2D eigenvalue weighted by Crippen LogP contribution is -2.41. The summed E-state index contributed by atoms with van der Waals surface area (Å²) in [6.07, 6.45) is 8.42. The van der Waals surface area contributed by atoms with E-state index in [9.17, 15) is 5.11 Å². The van der Waals surface area contributed by atoms with Gasteiger partial charge in [-0.2, -0.15) is 0 Å². The lowest BCUT2D eigenvalue weighted by molar-refractivity contribution is 0.0492. The van der Waals surface area contributed by atoms with Gasteiger partial charge in [0.05, 0.1) is 6.10 Å². The Morgan fingerprint density at radius 2 is 2.10 bits per heavy atom. The van der Waals surface area contributed by atoms with Crippen LogP contribution in [0.4, 0.5) is 5.69 Å². The molecule has 1 heterocycles. The standard InChI is InChI=1S/C19H29NO/c1-2-6-15-10-11-19(21)17(13-15)14-20-12-5-8-16-7-3-4-9-18(16)20/h3-4,7,9,15,17,19,21H,2,5-6,8,10-14H2,1H3. The highest BCUT2D eigenvalue weighted by Gasteiger charge is 2.31. The summed E-state index contributed by atoms with van der Waals surface area (Å²) in [5, 5.41) is 10.4. The van der Waals surface area contributed by atoms with Gasteiger partial charge in [0.25, 0.3) is 0 Å². The van der Waals surface area contributed by atoms with Gasteiger partial charge in [0, 0.05) is 24.7 Å². The van der Waals surface area contributed by atoms with E-state index in [1.165, 1.54) is 49.8 Å². The summed E-state index contributed by atoms with van der Waals surface area (Å²) in [7, 11) is 0. The maximum absolute atomic E-state index is 10.4. The van der Waals surface area contributed by atoms with E-state index >= 15 is 0 Å². The summed E-state index contributed by atoms with van der Waals surface area (Å²) in [4.78, 5) is 2.53. The summed E-state index contributed by atoms with van der Waals surface area (Å²) in [6.45, 7) is 4.47. The lowest BCUT2D eigenvalue weighted by atomic mass is 9.77. The molecule has 0 radical (unpaired) electrons. The van der Waals surface area contributed by atoms with E-state index in [-0.39, 0.29) is 6.10 Å². The molecule has 21 heavy (non-hydrogen) atoms. The Kier molecular flexibility index (Phi) is 4.84. The van der Waals surface area contributed by atoms with Crippen LogP contribution in [0.5, 0.6) is 0 Å². The first-order chi connectivity index (χ1) is 10.3. The Balaban J connectivity index is 1.68. The van der Waals surface area contributed by atoms with E-state index in [1.807, 2.05) is 0 Å². The minimum atomic E-state index is -0.0906. The summed E-state index contributed by atoms with van der Waals surface area (Å²) in [6, 6.07) is 8.81. The molecule has 1 aliphatic heterocycles. The van der Waals surface area contributed by atoms with Gasteiger partial charge in [-0.1, -0.05) is 38.0 Å². The minimum Gasteiger partial charge on any atom is -0.393 e. The van der Waals surface area contributed by atoms with Crippen LogP contribution < -0.4 is 4.90 Å². The normalized spacial score (nSPS) is 29.2. The average molecular weight is 287 g/mol. The van der Waals surface area contributed by atoms with Crippen molar-refractivity contribution in [3.05, 3.63) is 29.8 Å². The molecule has 3 unspecified atom stereocenters. The third-order valence-corrected chi connectivity index (χ3v) is 5.41. The second-order valence-corrected chi connectivity index (χ2v) is 6.97. The van der Waals surface area contributed by atoms with E-state index in [2.05, 4.69) is 36.1 Å². The van der Waals surface area contributed by atoms with Crippen LogP contribution in [0.25, 0.3) is 0 Å². The molecule has 3 rings (SSSR count). The van der Waals surface area contributed by atoms with Crippen LogP contribution in [0.15, 0.2) is 24.3 Å². The smallest absolute Gasteiger partial charge is 0.0585 e. The van der Waals surface area contributed by atoms with Gasteiger partial charge in [-0.25, -0.2) is 0 Å². The van der Waals surface area contributed by atoms with Gasteiger partial charge < -0.3 is 10.0 Å². The van der Waals surface area contributed by atoms with Gasteiger partial charge in [0.15, 0.2) is 0 Å². The summed E-state index contributed by atoms with van der Waals surface area (Å²) in [5.41, 5.74) is 2.90. The zero-order valence-corrected chi connectivity index (χ0v) is 13.3. The number of aliphatic hydroxyl groups excluding tert-OH is 1.